The van der Waals surface area contributed by atoms with Gasteiger partial charge in [0.2, 0.25) is 0 Å². The second-order valence-corrected chi connectivity index (χ2v) is 10.9. The Kier molecular flexibility index (Phi) is 5.00. The molecule has 7 rings (SSSR count). The number of hydrogen-bond donors (Lipinski definition) is 5. The number of carbonyl (C=O) groups excluding carboxylic acids is 2. The Morgan fingerprint density at radius 2 is 2.00 bits per heavy atom. The number of nitrogens with zero attached hydrogens (tertiary/aromatic N) is 3. The molecule has 2 aromatic heterocycles. The Morgan fingerprint density at radius 1 is 1.24 bits per heavy atom. The molecule has 2 amide bonds. The molecule has 0 saturated heterocycles. The second-order valence-electron chi connectivity index (χ2n) is 10.9. The number of likely N-dealkylation sites (N-methyl/N-ethyl adjacent to an activating group) is 1. The van der Waals surface area contributed by atoms with Crippen LogP contribution in [0.4, 0.5) is 11.6 Å². The van der Waals surface area contributed by atoms with Gasteiger partial charge in [-0.3, -0.25) is 14.3 Å². The number of anilines is 2. The van der Waals surface area contributed by atoms with Crippen molar-refractivity contribution in [1.29, 1.82) is 0 Å². The van der Waals surface area contributed by atoms with Crippen LogP contribution >= 0.6 is 0 Å². The molecule has 3 heterocycles. The molecular formula is C24H33N7O3. The third-order valence-electron chi connectivity index (χ3n) is 8.21. The summed E-state index contributed by atoms with van der Waals surface area (Å²) in [6.45, 7) is 1.56. The summed E-state index contributed by atoms with van der Waals surface area (Å²) < 4.78 is 2.11. The smallest absolute Gasteiger partial charge is 0.314 e. The molecule has 3 unspecified atom stereocenters. The summed E-state index contributed by atoms with van der Waals surface area (Å²) in [7, 11) is 3.83. The van der Waals surface area contributed by atoms with Crippen LogP contribution in [-0.4, -0.2) is 69.4 Å². The summed E-state index contributed by atoms with van der Waals surface area (Å²) in [5.74, 6) is 1.36. The molecule has 10 nitrogen and oxygen atoms in total. The number of fused-ring (bicyclic) bond motifs is 3. The minimum Gasteiger partial charge on any atom is -0.390 e. The minimum atomic E-state index is -0.703. The van der Waals surface area contributed by atoms with Gasteiger partial charge in [0.05, 0.1) is 17.3 Å². The maximum atomic E-state index is 12.7. The van der Waals surface area contributed by atoms with Gasteiger partial charge in [0, 0.05) is 37.0 Å². The van der Waals surface area contributed by atoms with Crippen molar-refractivity contribution in [2.45, 2.75) is 50.3 Å². The zero-order chi connectivity index (χ0) is 23.6. The summed E-state index contributed by atoms with van der Waals surface area (Å²) in [5, 5.41) is 24.8. The van der Waals surface area contributed by atoms with Gasteiger partial charge in [-0.1, -0.05) is 0 Å². The Morgan fingerprint density at radius 3 is 2.71 bits per heavy atom. The van der Waals surface area contributed by atoms with E-state index in [2.05, 4.69) is 25.6 Å². The third kappa shape index (κ3) is 3.51. The molecule has 34 heavy (non-hydrogen) atoms. The van der Waals surface area contributed by atoms with Crippen molar-refractivity contribution in [3.63, 3.8) is 0 Å². The summed E-state index contributed by atoms with van der Waals surface area (Å²) >= 11 is 0. The van der Waals surface area contributed by atoms with Crippen LogP contribution in [0.2, 0.25) is 0 Å². The zero-order valence-corrected chi connectivity index (χ0v) is 19.7. The van der Waals surface area contributed by atoms with Crippen molar-refractivity contribution >= 4 is 23.5 Å². The Labute approximate surface area is 198 Å². The molecule has 5 aliphatic rings. The van der Waals surface area contributed by atoms with Crippen LogP contribution in [-0.2, 0) is 16.1 Å². The molecule has 5 N–H and O–H groups in total. The molecule has 0 spiro atoms. The van der Waals surface area contributed by atoms with E-state index >= 15 is 0 Å². The summed E-state index contributed by atoms with van der Waals surface area (Å²) in [6.07, 6.45) is 6.69. The highest BCUT2D eigenvalue weighted by Crippen LogP contribution is 2.60. The van der Waals surface area contributed by atoms with Gasteiger partial charge in [0.1, 0.15) is 5.82 Å². The lowest BCUT2D eigenvalue weighted by Gasteiger charge is -2.58. The maximum Gasteiger partial charge on any atom is 0.314 e. The molecule has 5 atom stereocenters. The van der Waals surface area contributed by atoms with Crippen LogP contribution < -0.4 is 16.0 Å². The Balaban J connectivity index is 1.32. The van der Waals surface area contributed by atoms with Gasteiger partial charge in [0.15, 0.2) is 5.82 Å². The standard InChI is InChI=1S/C24H33N7O3/c1-30(2)6-5-26-22(32)23(33)28-21-17-12-27-20-16(3-4-25-20)19(17)31(29-21)18-14-7-13-8-15(18)11-24(34,9-13)10-14/h3-4,13-15,18,25,27,34H,5-12H2,1-2H3,(H,26,32)(H,28,29,33)/t13?,14-,15+,18?,24?. The highest BCUT2D eigenvalue weighted by molar-refractivity contribution is 6.39. The van der Waals surface area contributed by atoms with Crippen LogP contribution in [0.1, 0.15) is 43.7 Å². The monoisotopic (exact) mass is 467 g/mol. The number of nitrogens with one attached hydrogen (secondary N) is 4. The van der Waals surface area contributed by atoms with Crippen molar-refractivity contribution in [3.05, 3.63) is 17.8 Å². The van der Waals surface area contributed by atoms with Gasteiger partial charge in [0.25, 0.3) is 0 Å². The topological polar surface area (TPSA) is 127 Å². The first-order valence-electron chi connectivity index (χ1n) is 12.3. The van der Waals surface area contributed by atoms with E-state index in [0.29, 0.717) is 43.2 Å². The molecule has 4 bridgehead atoms. The molecule has 4 aliphatic carbocycles. The molecule has 1 aliphatic heterocycles. The maximum absolute atomic E-state index is 12.7. The average molecular weight is 468 g/mol. The molecule has 0 aromatic carbocycles. The summed E-state index contributed by atoms with van der Waals surface area (Å²) in [6, 6.07) is 2.22. The van der Waals surface area contributed by atoms with Crippen LogP contribution in [0, 0.1) is 17.8 Å². The van der Waals surface area contributed by atoms with Gasteiger partial charge in [-0.15, -0.1) is 0 Å². The van der Waals surface area contributed by atoms with Crippen molar-refractivity contribution in [2.24, 2.45) is 17.8 Å². The van der Waals surface area contributed by atoms with Gasteiger partial charge >= 0.3 is 11.8 Å². The van der Waals surface area contributed by atoms with Gasteiger partial charge in [-0.05, 0) is 70.0 Å². The predicted octanol–water partition coefficient (Wildman–Crippen LogP) is 1.53. The number of hydrogen-bond acceptors (Lipinski definition) is 6. The summed E-state index contributed by atoms with van der Waals surface area (Å²) in [4.78, 5) is 30.3. The SMILES string of the molecule is CN(C)CCNC(=O)C(=O)Nc1nn(C2[C@@H]3CC4C[C@H]2CC(O)(C4)C3)c2c1CNc1[nH]ccc1-2. The lowest BCUT2D eigenvalue weighted by atomic mass is 9.52. The number of H-pyrrole nitrogens is 1. The van der Waals surface area contributed by atoms with E-state index in [0.717, 1.165) is 54.7 Å². The third-order valence-corrected chi connectivity index (χ3v) is 8.21. The van der Waals surface area contributed by atoms with E-state index in [1.54, 1.807) is 0 Å². The van der Waals surface area contributed by atoms with Crippen molar-refractivity contribution < 1.29 is 14.7 Å². The molecule has 2 aromatic rings. The number of amides is 2. The molecule has 182 valence electrons. The lowest BCUT2D eigenvalue weighted by Crippen LogP contribution is -2.55. The highest BCUT2D eigenvalue weighted by atomic mass is 16.3. The van der Waals surface area contributed by atoms with E-state index < -0.39 is 17.4 Å². The molecule has 4 fully saturated rings. The first-order chi connectivity index (χ1) is 16.3. The van der Waals surface area contributed by atoms with E-state index in [9.17, 15) is 14.7 Å². The van der Waals surface area contributed by atoms with E-state index in [-0.39, 0.29) is 6.04 Å². The summed E-state index contributed by atoms with van der Waals surface area (Å²) in [5.41, 5.74) is 2.40. The molecule has 0 radical (unpaired) electrons. The zero-order valence-electron chi connectivity index (χ0n) is 19.7. The second kappa shape index (κ2) is 7.84. The van der Waals surface area contributed by atoms with Gasteiger partial charge in [-0.25, -0.2) is 0 Å². The van der Waals surface area contributed by atoms with Crippen LogP contribution in [0.3, 0.4) is 0 Å². The van der Waals surface area contributed by atoms with E-state index in [1.165, 1.54) is 0 Å². The fourth-order valence-corrected chi connectivity index (χ4v) is 7.12. The fraction of sp³-hybridized carbons (Fsp3) is 0.625. The first-order valence-corrected chi connectivity index (χ1v) is 12.3. The number of rotatable bonds is 5. The average Bonchev–Trinajstić information content (AvgIpc) is 3.36. The molecule has 10 heteroatoms. The number of aliphatic hydroxyl groups is 1. The van der Waals surface area contributed by atoms with Crippen LogP contribution in [0.15, 0.2) is 12.3 Å². The normalized spacial score (nSPS) is 30.6. The van der Waals surface area contributed by atoms with Crippen molar-refractivity contribution in [1.82, 2.24) is 25.0 Å². The minimum absolute atomic E-state index is 0.186. The molecular weight excluding hydrogens is 434 g/mol. The fourth-order valence-electron chi connectivity index (χ4n) is 7.12. The van der Waals surface area contributed by atoms with Gasteiger partial charge < -0.3 is 30.9 Å². The lowest BCUT2D eigenvalue weighted by molar-refractivity contribution is -0.148. The van der Waals surface area contributed by atoms with Crippen molar-refractivity contribution in [3.8, 4) is 11.3 Å². The number of aromatic nitrogens is 3. The number of carbonyl (C=O) groups is 2. The molecule has 4 saturated carbocycles. The highest BCUT2D eigenvalue weighted by Gasteiger charge is 2.56. The Bertz CT molecular complexity index is 1120. The van der Waals surface area contributed by atoms with E-state index in [1.807, 2.05) is 31.3 Å². The van der Waals surface area contributed by atoms with Crippen LogP contribution in [0.5, 0.6) is 0 Å². The Hall–Kier alpha value is -2.85. The first kappa shape index (κ1) is 21.7. The van der Waals surface area contributed by atoms with E-state index in [4.69, 9.17) is 5.10 Å². The van der Waals surface area contributed by atoms with Gasteiger partial charge in [-0.2, -0.15) is 5.10 Å². The predicted molar refractivity (Wildman–Crippen MR) is 127 cm³/mol. The quantitative estimate of drug-likeness (QED) is 0.425. The number of aromatic amines is 1. The largest absolute Gasteiger partial charge is 0.390 e. The van der Waals surface area contributed by atoms with Crippen LogP contribution in [0.25, 0.3) is 11.3 Å². The van der Waals surface area contributed by atoms with Crippen molar-refractivity contribution in [2.75, 3.05) is 37.8 Å².